The zero-order valence-corrected chi connectivity index (χ0v) is 14.1. The summed E-state index contributed by atoms with van der Waals surface area (Å²) in [6.45, 7) is 2.56. The molecule has 2 rings (SSSR count). The number of nitrogens with zero attached hydrogens (tertiary/aromatic N) is 1. The Bertz CT molecular complexity index is 661. The van der Waals surface area contributed by atoms with E-state index in [1.54, 1.807) is 0 Å². The Morgan fingerprint density at radius 3 is 2.77 bits per heavy atom. The molecule has 0 bridgehead atoms. The van der Waals surface area contributed by atoms with E-state index in [-0.39, 0.29) is 36.7 Å². The molecule has 1 heterocycles. The summed E-state index contributed by atoms with van der Waals surface area (Å²) in [6.07, 6.45) is -2.85. The minimum atomic E-state index is -4.67. The van der Waals surface area contributed by atoms with Crippen LogP contribution in [-0.4, -0.2) is 36.1 Å². The average molecular weight is 375 g/mol. The third-order valence-corrected chi connectivity index (χ3v) is 4.10. The Hall–Kier alpha value is -2.36. The van der Waals surface area contributed by atoms with Gasteiger partial charge in [0.25, 0.3) is 5.69 Å². The van der Waals surface area contributed by atoms with Gasteiger partial charge in [-0.1, -0.05) is 0 Å². The lowest BCUT2D eigenvalue weighted by Crippen LogP contribution is -2.41. The number of alkyl halides is 3. The molecule has 1 aromatic carbocycles. The molecule has 0 radical (unpaired) electrons. The van der Waals surface area contributed by atoms with Crippen LogP contribution in [0.1, 0.15) is 31.7 Å². The number of carbonyl (C=O) groups is 1. The van der Waals surface area contributed by atoms with Crippen LogP contribution in [0.15, 0.2) is 18.2 Å². The number of carbonyl (C=O) groups excluding carboxylic acids is 1. The van der Waals surface area contributed by atoms with Crippen molar-refractivity contribution >= 4 is 17.3 Å². The molecule has 2 unspecified atom stereocenters. The molecule has 0 saturated carbocycles. The standard InChI is InChI=1S/C16H20F3N3O4/c1-10(14-3-2-8-26-14)21-15(23)6-7-20-12-5-4-11(16(17,18)19)9-13(12)22(24)25/h4-5,9-10,14,20H,2-3,6-8H2,1H3,(H,21,23). The molecule has 2 N–H and O–H groups in total. The molecule has 26 heavy (non-hydrogen) atoms. The number of anilines is 1. The third-order valence-electron chi connectivity index (χ3n) is 4.10. The molecule has 10 heteroatoms. The van der Waals surface area contributed by atoms with Gasteiger partial charge in [-0.05, 0) is 31.9 Å². The van der Waals surface area contributed by atoms with Gasteiger partial charge < -0.3 is 15.4 Å². The smallest absolute Gasteiger partial charge is 0.379 e. The molecule has 0 spiro atoms. The fourth-order valence-electron chi connectivity index (χ4n) is 2.74. The molecule has 7 nitrogen and oxygen atoms in total. The van der Waals surface area contributed by atoms with Crippen molar-refractivity contribution < 1.29 is 27.6 Å². The molecule has 1 aliphatic heterocycles. The summed E-state index contributed by atoms with van der Waals surface area (Å²) in [5.74, 6) is -0.268. The first-order valence-corrected chi connectivity index (χ1v) is 8.19. The first-order valence-electron chi connectivity index (χ1n) is 8.19. The van der Waals surface area contributed by atoms with Gasteiger partial charge in [0.2, 0.25) is 5.91 Å². The highest BCUT2D eigenvalue weighted by molar-refractivity contribution is 5.77. The lowest BCUT2D eigenvalue weighted by molar-refractivity contribution is -0.384. The van der Waals surface area contributed by atoms with Crippen LogP contribution in [0.2, 0.25) is 0 Å². The van der Waals surface area contributed by atoms with Crippen molar-refractivity contribution in [1.29, 1.82) is 0 Å². The van der Waals surface area contributed by atoms with Crippen LogP contribution < -0.4 is 10.6 Å². The van der Waals surface area contributed by atoms with Gasteiger partial charge in [-0.25, -0.2) is 0 Å². The number of nitrogens with one attached hydrogen (secondary N) is 2. The highest BCUT2D eigenvalue weighted by Crippen LogP contribution is 2.34. The van der Waals surface area contributed by atoms with E-state index in [0.29, 0.717) is 12.7 Å². The highest BCUT2D eigenvalue weighted by Gasteiger charge is 2.33. The van der Waals surface area contributed by atoms with Gasteiger partial charge in [-0.3, -0.25) is 14.9 Å². The van der Waals surface area contributed by atoms with Gasteiger partial charge in [-0.15, -0.1) is 0 Å². The predicted molar refractivity (Wildman–Crippen MR) is 87.8 cm³/mol. The van der Waals surface area contributed by atoms with Crippen LogP contribution in [0, 0.1) is 10.1 Å². The molecule has 0 aromatic heterocycles. The summed E-state index contributed by atoms with van der Waals surface area (Å²) < 4.78 is 43.5. The minimum Gasteiger partial charge on any atom is -0.379 e. The van der Waals surface area contributed by atoms with Gasteiger partial charge in [0.15, 0.2) is 0 Å². The molecule has 1 aliphatic rings. The quantitative estimate of drug-likeness (QED) is 0.564. The number of halogens is 3. The summed E-state index contributed by atoms with van der Waals surface area (Å²) in [7, 11) is 0. The van der Waals surface area contributed by atoms with E-state index in [4.69, 9.17) is 4.74 Å². The van der Waals surface area contributed by atoms with Crippen molar-refractivity contribution in [3.05, 3.63) is 33.9 Å². The Labute approximate surface area is 148 Å². The fraction of sp³-hybridized carbons (Fsp3) is 0.562. The zero-order chi connectivity index (χ0) is 19.3. The van der Waals surface area contributed by atoms with Crippen LogP contribution in [0.5, 0.6) is 0 Å². The predicted octanol–water partition coefficient (Wildman–Crippen LogP) is 3.10. The van der Waals surface area contributed by atoms with E-state index in [1.165, 1.54) is 0 Å². The van der Waals surface area contributed by atoms with Crippen molar-refractivity contribution in [2.45, 2.75) is 44.5 Å². The molecule has 1 amide bonds. The van der Waals surface area contributed by atoms with Gasteiger partial charge in [0, 0.05) is 25.6 Å². The number of nitro benzene ring substituents is 1. The molecular weight excluding hydrogens is 355 g/mol. The van der Waals surface area contributed by atoms with Gasteiger partial charge in [0.05, 0.1) is 22.6 Å². The number of hydrogen-bond donors (Lipinski definition) is 2. The van der Waals surface area contributed by atoms with E-state index in [1.807, 2.05) is 6.92 Å². The Morgan fingerprint density at radius 2 is 2.19 bits per heavy atom. The molecule has 1 saturated heterocycles. The number of ether oxygens (including phenoxy) is 1. The van der Waals surface area contributed by atoms with Crippen LogP contribution in [0.4, 0.5) is 24.5 Å². The number of amides is 1. The summed E-state index contributed by atoms with van der Waals surface area (Å²) in [6, 6.07) is 2.08. The average Bonchev–Trinajstić information content (AvgIpc) is 3.08. The number of nitro groups is 1. The largest absolute Gasteiger partial charge is 0.416 e. The van der Waals surface area contributed by atoms with Gasteiger partial charge >= 0.3 is 6.18 Å². The van der Waals surface area contributed by atoms with E-state index in [9.17, 15) is 28.1 Å². The van der Waals surface area contributed by atoms with Crippen LogP contribution >= 0.6 is 0 Å². The maximum atomic E-state index is 12.7. The van der Waals surface area contributed by atoms with E-state index in [0.717, 1.165) is 25.0 Å². The topological polar surface area (TPSA) is 93.5 Å². The summed E-state index contributed by atoms with van der Waals surface area (Å²) in [5, 5.41) is 16.4. The maximum absolute atomic E-state index is 12.7. The van der Waals surface area contributed by atoms with Crippen molar-refractivity contribution in [2.75, 3.05) is 18.5 Å². The molecule has 1 fully saturated rings. The van der Waals surface area contributed by atoms with Gasteiger partial charge in [-0.2, -0.15) is 13.2 Å². The summed E-state index contributed by atoms with van der Waals surface area (Å²) >= 11 is 0. The van der Waals surface area contributed by atoms with Crippen molar-refractivity contribution in [3.63, 3.8) is 0 Å². The second kappa shape index (κ2) is 8.35. The van der Waals surface area contributed by atoms with Crippen molar-refractivity contribution in [1.82, 2.24) is 5.32 Å². The van der Waals surface area contributed by atoms with Crippen LogP contribution in [0.25, 0.3) is 0 Å². The van der Waals surface area contributed by atoms with Crippen molar-refractivity contribution in [3.8, 4) is 0 Å². The second-order valence-electron chi connectivity index (χ2n) is 6.07. The lowest BCUT2D eigenvalue weighted by atomic mass is 10.1. The second-order valence-corrected chi connectivity index (χ2v) is 6.07. The number of benzene rings is 1. The fourth-order valence-corrected chi connectivity index (χ4v) is 2.74. The van der Waals surface area contributed by atoms with Crippen molar-refractivity contribution in [2.24, 2.45) is 0 Å². The molecule has 144 valence electrons. The highest BCUT2D eigenvalue weighted by atomic mass is 19.4. The first kappa shape index (κ1) is 20.0. The number of rotatable bonds is 7. The summed E-state index contributed by atoms with van der Waals surface area (Å²) in [5.41, 5.74) is -1.85. The van der Waals surface area contributed by atoms with E-state index >= 15 is 0 Å². The van der Waals surface area contributed by atoms with Gasteiger partial charge in [0.1, 0.15) is 5.69 Å². The SMILES string of the molecule is CC(NC(=O)CCNc1ccc(C(F)(F)F)cc1[N+](=O)[O-])C1CCCO1. The monoisotopic (exact) mass is 375 g/mol. The maximum Gasteiger partial charge on any atom is 0.416 e. The first-order chi connectivity index (χ1) is 12.2. The Balaban J connectivity index is 1.90. The number of hydrogen-bond acceptors (Lipinski definition) is 5. The lowest BCUT2D eigenvalue weighted by Gasteiger charge is -2.20. The van der Waals surface area contributed by atoms with Crippen LogP contribution in [0.3, 0.4) is 0 Å². The van der Waals surface area contributed by atoms with E-state index < -0.39 is 22.4 Å². The molecule has 1 aromatic rings. The zero-order valence-electron chi connectivity index (χ0n) is 14.1. The minimum absolute atomic E-state index is 0.0231. The Kier molecular flexibility index (Phi) is 6.41. The summed E-state index contributed by atoms with van der Waals surface area (Å²) in [4.78, 5) is 22.0. The molecular formula is C16H20F3N3O4. The van der Waals surface area contributed by atoms with Crippen LogP contribution in [-0.2, 0) is 15.7 Å². The normalized spacial score (nSPS) is 18.4. The third kappa shape index (κ3) is 5.32. The molecule has 2 atom stereocenters. The molecule has 0 aliphatic carbocycles. The Morgan fingerprint density at radius 1 is 1.46 bits per heavy atom. The van der Waals surface area contributed by atoms with E-state index in [2.05, 4.69) is 10.6 Å².